The van der Waals surface area contributed by atoms with Crippen LogP contribution in [0.1, 0.15) is 91.9 Å². The minimum atomic E-state index is 0.0903. The van der Waals surface area contributed by atoms with E-state index < -0.39 is 0 Å². The smallest absolute Gasteiger partial charge is 0.293 e. The van der Waals surface area contributed by atoms with Crippen LogP contribution in [-0.4, -0.2) is 23.4 Å². The van der Waals surface area contributed by atoms with Gasteiger partial charge in [0, 0.05) is 12.8 Å². The molecule has 0 unspecified atom stereocenters. The molecule has 0 amide bonds. The number of allylic oxidation sites excluding steroid dienone is 1. The van der Waals surface area contributed by atoms with Gasteiger partial charge in [-0.05, 0) is 97.5 Å². The Hall–Kier alpha value is -0.770. The minimum absolute atomic E-state index is 0.0903. The van der Waals surface area contributed by atoms with Crippen molar-refractivity contribution in [2.24, 2.45) is 40.4 Å². The zero-order valence-electron chi connectivity index (χ0n) is 20.0. The summed E-state index contributed by atoms with van der Waals surface area (Å²) in [6.07, 6.45) is 14.2. The minimum Gasteiger partial charge on any atom is -0.464 e. The molecule has 3 fully saturated rings. The summed E-state index contributed by atoms with van der Waals surface area (Å²) in [5.41, 5.74) is 2.33. The van der Waals surface area contributed by atoms with Crippen LogP contribution in [0.25, 0.3) is 0 Å². The Morgan fingerprint density at radius 3 is 2.77 bits per heavy atom. The Kier molecular flexibility index (Phi) is 6.97. The molecule has 0 aliphatic heterocycles. The third kappa shape index (κ3) is 4.15. The van der Waals surface area contributed by atoms with Gasteiger partial charge in [0.1, 0.15) is 6.10 Å². The molecule has 0 aromatic carbocycles. The largest absolute Gasteiger partial charge is 0.464 e. The van der Waals surface area contributed by atoms with E-state index in [2.05, 4.69) is 33.8 Å². The highest BCUT2D eigenvalue weighted by molar-refractivity contribution is 8.13. The van der Waals surface area contributed by atoms with Crippen LogP contribution in [0.15, 0.2) is 11.6 Å². The second kappa shape index (κ2) is 9.23. The van der Waals surface area contributed by atoms with Gasteiger partial charge in [-0.1, -0.05) is 51.1 Å². The molecule has 4 aliphatic carbocycles. The number of carbonyl (C=O) groups is 2. The van der Waals surface area contributed by atoms with Gasteiger partial charge in [-0.15, -0.1) is 0 Å². The first-order chi connectivity index (χ1) is 14.8. The van der Waals surface area contributed by atoms with Crippen LogP contribution in [0.3, 0.4) is 0 Å². The second-order valence-corrected chi connectivity index (χ2v) is 12.7. The van der Waals surface area contributed by atoms with Crippen molar-refractivity contribution in [2.75, 3.05) is 5.75 Å². The topological polar surface area (TPSA) is 43.4 Å². The highest BCUT2D eigenvalue weighted by Gasteiger charge is 2.59. The van der Waals surface area contributed by atoms with E-state index >= 15 is 0 Å². The van der Waals surface area contributed by atoms with E-state index in [4.69, 9.17) is 4.74 Å². The molecule has 3 saturated carbocycles. The fourth-order valence-corrected chi connectivity index (χ4v) is 9.16. The van der Waals surface area contributed by atoms with Gasteiger partial charge in [-0.3, -0.25) is 9.59 Å². The molecule has 0 radical (unpaired) electrons. The number of carbonyl (C=O) groups excluding carboxylic acids is 2. The standard InChI is InChI=1S/C27H42O3S/c1-5-31-25(29)11-6-18(2)22-9-10-23-21-8-7-19-16-20(30-17-28)12-14-26(19,3)24(21)13-15-27(22,23)4/h7,17-18,20-24H,5-6,8-16H2,1-4H3/t18-,20+,21+,22-,23+,24+,26+,27-/m1/s1. The molecule has 4 rings (SSSR count). The molecular weight excluding hydrogens is 404 g/mol. The average Bonchev–Trinajstić information content (AvgIpc) is 3.10. The van der Waals surface area contributed by atoms with Crippen molar-refractivity contribution in [1.82, 2.24) is 0 Å². The molecule has 0 spiro atoms. The van der Waals surface area contributed by atoms with Gasteiger partial charge < -0.3 is 4.74 Å². The molecule has 4 aliphatic rings. The Morgan fingerprint density at radius 2 is 2.03 bits per heavy atom. The first-order valence-corrected chi connectivity index (χ1v) is 13.8. The fourth-order valence-electron chi connectivity index (χ4n) is 8.58. The van der Waals surface area contributed by atoms with E-state index in [-0.39, 0.29) is 6.10 Å². The van der Waals surface area contributed by atoms with Crippen LogP contribution in [0.2, 0.25) is 0 Å². The lowest BCUT2D eigenvalue weighted by Crippen LogP contribution is -2.51. The SMILES string of the molecule is CCSC(=O)CC[C@@H](C)[C@H]1CC[C@H]2[C@@H]3CC=C4C[C@@H](OC=O)CC[C@]4(C)[C@H]3CC[C@]12C. The molecule has 3 nitrogen and oxygen atoms in total. The van der Waals surface area contributed by atoms with Gasteiger partial charge >= 0.3 is 0 Å². The van der Waals surface area contributed by atoms with E-state index in [1.54, 1.807) is 5.57 Å². The number of ether oxygens (including phenoxy) is 1. The Labute approximate surface area is 193 Å². The maximum absolute atomic E-state index is 12.1. The number of hydrogen-bond acceptors (Lipinski definition) is 4. The summed E-state index contributed by atoms with van der Waals surface area (Å²) < 4.78 is 5.35. The van der Waals surface area contributed by atoms with Crippen molar-refractivity contribution in [3.8, 4) is 0 Å². The molecule has 8 atom stereocenters. The summed E-state index contributed by atoms with van der Waals surface area (Å²) in [6.45, 7) is 10.2. The van der Waals surface area contributed by atoms with Gasteiger partial charge in [0.05, 0.1) is 0 Å². The van der Waals surface area contributed by atoms with Crippen LogP contribution in [0.5, 0.6) is 0 Å². The summed E-state index contributed by atoms with van der Waals surface area (Å²) in [6, 6.07) is 0. The zero-order valence-corrected chi connectivity index (χ0v) is 20.8. The van der Waals surface area contributed by atoms with Crippen LogP contribution in [0, 0.1) is 40.4 Å². The fraction of sp³-hybridized carbons (Fsp3) is 0.852. The molecule has 0 aromatic heterocycles. The predicted molar refractivity (Wildman–Crippen MR) is 128 cm³/mol. The third-order valence-electron chi connectivity index (χ3n) is 10.2. The van der Waals surface area contributed by atoms with Gasteiger partial charge in [-0.25, -0.2) is 0 Å². The molecule has 31 heavy (non-hydrogen) atoms. The molecule has 0 N–H and O–H groups in total. The average molecular weight is 447 g/mol. The van der Waals surface area contributed by atoms with Crippen molar-refractivity contribution in [3.05, 3.63) is 11.6 Å². The van der Waals surface area contributed by atoms with Crippen LogP contribution < -0.4 is 0 Å². The Morgan fingerprint density at radius 1 is 1.23 bits per heavy atom. The van der Waals surface area contributed by atoms with Crippen molar-refractivity contribution >= 4 is 23.3 Å². The van der Waals surface area contributed by atoms with Gasteiger partial charge in [0.25, 0.3) is 6.47 Å². The third-order valence-corrected chi connectivity index (χ3v) is 11.0. The van der Waals surface area contributed by atoms with Crippen LogP contribution in [0.4, 0.5) is 0 Å². The normalized spacial score (nSPS) is 42.6. The van der Waals surface area contributed by atoms with Crippen molar-refractivity contribution < 1.29 is 14.3 Å². The quantitative estimate of drug-likeness (QED) is 0.318. The number of thioether (sulfide) groups is 1. The molecule has 0 aromatic rings. The highest BCUT2D eigenvalue weighted by Crippen LogP contribution is 2.67. The van der Waals surface area contributed by atoms with Crippen molar-refractivity contribution in [2.45, 2.75) is 98.0 Å². The number of rotatable bonds is 7. The number of fused-ring (bicyclic) bond motifs is 5. The maximum Gasteiger partial charge on any atom is 0.293 e. The molecule has 0 saturated heterocycles. The monoisotopic (exact) mass is 446 g/mol. The number of hydrogen-bond donors (Lipinski definition) is 0. The van der Waals surface area contributed by atoms with E-state index in [9.17, 15) is 9.59 Å². The summed E-state index contributed by atoms with van der Waals surface area (Å²) in [7, 11) is 0. The first kappa shape index (κ1) is 23.4. The Bertz CT molecular complexity index is 717. The summed E-state index contributed by atoms with van der Waals surface area (Å²) in [5.74, 6) is 4.75. The van der Waals surface area contributed by atoms with Gasteiger partial charge in [0.15, 0.2) is 5.12 Å². The zero-order chi connectivity index (χ0) is 22.2. The molecular formula is C27H42O3S. The van der Waals surface area contributed by atoms with Gasteiger partial charge in [-0.2, -0.15) is 0 Å². The van der Waals surface area contributed by atoms with Crippen molar-refractivity contribution in [1.29, 1.82) is 0 Å². The predicted octanol–water partition coefficient (Wildman–Crippen LogP) is 6.80. The van der Waals surface area contributed by atoms with E-state index in [0.29, 0.717) is 28.3 Å². The molecule has 0 bridgehead atoms. The highest BCUT2D eigenvalue weighted by atomic mass is 32.2. The summed E-state index contributed by atoms with van der Waals surface area (Å²) >= 11 is 1.49. The van der Waals surface area contributed by atoms with E-state index in [1.165, 1.54) is 50.3 Å². The van der Waals surface area contributed by atoms with Gasteiger partial charge in [0.2, 0.25) is 0 Å². The second-order valence-electron chi connectivity index (χ2n) is 11.4. The summed E-state index contributed by atoms with van der Waals surface area (Å²) in [4.78, 5) is 22.9. The lowest BCUT2D eigenvalue weighted by Gasteiger charge is -2.58. The maximum atomic E-state index is 12.1. The van der Waals surface area contributed by atoms with Crippen molar-refractivity contribution in [3.63, 3.8) is 0 Å². The Balaban J connectivity index is 1.46. The first-order valence-electron chi connectivity index (χ1n) is 12.8. The van der Waals surface area contributed by atoms with Crippen LogP contribution >= 0.6 is 11.8 Å². The lowest BCUT2D eigenvalue weighted by atomic mass is 9.47. The molecule has 4 heteroatoms. The molecule has 174 valence electrons. The van der Waals surface area contributed by atoms with E-state index in [1.807, 2.05) is 0 Å². The lowest BCUT2D eigenvalue weighted by molar-refractivity contribution is -0.136. The summed E-state index contributed by atoms with van der Waals surface area (Å²) in [5, 5.41) is 0.379. The molecule has 0 heterocycles. The van der Waals surface area contributed by atoms with E-state index in [0.717, 1.165) is 55.1 Å². The van der Waals surface area contributed by atoms with Crippen LogP contribution in [-0.2, 0) is 14.3 Å².